The third-order valence-electron chi connectivity index (χ3n) is 3.22. The van der Waals surface area contributed by atoms with Crippen LogP contribution in [0.3, 0.4) is 0 Å². The molecule has 0 atom stereocenters. The van der Waals surface area contributed by atoms with Crippen molar-refractivity contribution in [2.45, 2.75) is 65.2 Å². The predicted molar refractivity (Wildman–Crippen MR) is 84.2 cm³/mol. The van der Waals surface area contributed by atoms with E-state index in [1.807, 2.05) is 0 Å². The summed E-state index contributed by atoms with van der Waals surface area (Å²) in [5.74, 6) is 0. The zero-order valence-corrected chi connectivity index (χ0v) is 12.4. The first-order chi connectivity index (χ1) is 8.88. The van der Waals surface area contributed by atoms with Crippen molar-refractivity contribution in [1.82, 2.24) is 0 Å². The highest BCUT2D eigenvalue weighted by Crippen LogP contribution is 2.15. The van der Waals surface area contributed by atoms with Gasteiger partial charge in [0.15, 0.2) is 0 Å². The van der Waals surface area contributed by atoms with Crippen molar-refractivity contribution in [1.29, 1.82) is 0 Å². The lowest BCUT2D eigenvalue weighted by Gasteiger charge is -2.08. The predicted octanol–water partition coefficient (Wildman–Crippen LogP) is 5.95. The summed E-state index contributed by atoms with van der Waals surface area (Å²) in [6.07, 6.45) is 10.6. The second kappa shape index (κ2) is 12.4. The van der Waals surface area contributed by atoms with E-state index in [-0.39, 0.29) is 0 Å². The van der Waals surface area contributed by atoms with Crippen LogP contribution in [0, 0.1) is 0 Å². The monoisotopic (exact) mass is 246 g/mol. The molecule has 0 bridgehead atoms. The molecule has 0 amide bonds. The van der Waals surface area contributed by atoms with E-state index < -0.39 is 0 Å². The Hall–Kier alpha value is -1.04. The molecule has 0 fully saturated rings. The molecule has 0 radical (unpaired) electrons. The highest BCUT2D eigenvalue weighted by atomic mass is 14.1. The number of benzene rings is 1. The smallest absolute Gasteiger partial charge is 0.0276 e. The number of rotatable bonds is 8. The third-order valence-corrected chi connectivity index (χ3v) is 3.22. The van der Waals surface area contributed by atoms with E-state index in [1.54, 1.807) is 11.1 Å². The van der Waals surface area contributed by atoms with Crippen molar-refractivity contribution in [2.75, 3.05) is 0 Å². The number of aryl methyl sites for hydroxylation is 2. The van der Waals surface area contributed by atoms with Gasteiger partial charge in [0.2, 0.25) is 0 Å². The summed E-state index contributed by atoms with van der Waals surface area (Å²) in [5.41, 5.74) is 3.18. The molecule has 0 nitrogen and oxygen atoms in total. The van der Waals surface area contributed by atoms with Crippen LogP contribution in [0.15, 0.2) is 37.4 Å². The topological polar surface area (TPSA) is 0 Å². The van der Waals surface area contributed by atoms with Crippen molar-refractivity contribution < 1.29 is 0 Å². The maximum absolute atomic E-state index is 3.00. The number of unbranched alkanes of at least 4 members (excludes halogenated alkanes) is 4. The lowest BCUT2D eigenvalue weighted by atomic mass is 9.97. The van der Waals surface area contributed by atoms with Gasteiger partial charge in [-0.05, 0) is 36.8 Å². The van der Waals surface area contributed by atoms with Crippen LogP contribution < -0.4 is 0 Å². The second-order valence-corrected chi connectivity index (χ2v) is 4.68. The van der Waals surface area contributed by atoms with Gasteiger partial charge in [0.05, 0.1) is 0 Å². The fourth-order valence-corrected chi connectivity index (χ4v) is 2.18. The van der Waals surface area contributed by atoms with E-state index in [0.29, 0.717) is 0 Å². The minimum Gasteiger partial charge on any atom is -0.106 e. The van der Waals surface area contributed by atoms with Crippen molar-refractivity contribution in [3.05, 3.63) is 48.6 Å². The fraction of sp³-hybridized carbons (Fsp3) is 0.556. The van der Waals surface area contributed by atoms with Crippen LogP contribution in [-0.4, -0.2) is 0 Å². The lowest BCUT2D eigenvalue weighted by molar-refractivity contribution is 0.693. The van der Waals surface area contributed by atoms with E-state index in [0.717, 1.165) is 0 Å². The zero-order valence-electron chi connectivity index (χ0n) is 12.4. The minimum atomic E-state index is 1.27. The van der Waals surface area contributed by atoms with Crippen LogP contribution in [-0.2, 0) is 12.8 Å². The average Bonchev–Trinajstić information content (AvgIpc) is 2.43. The summed E-state index contributed by atoms with van der Waals surface area (Å²) in [4.78, 5) is 0. The molecule has 102 valence electrons. The Balaban J connectivity index is 0.00000137. The molecule has 0 heteroatoms. The van der Waals surface area contributed by atoms with Crippen LogP contribution in [0.25, 0.3) is 0 Å². The zero-order chi connectivity index (χ0) is 13.6. The Kier molecular flexibility index (Phi) is 11.7. The van der Waals surface area contributed by atoms with Crippen molar-refractivity contribution in [3.8, 4) is 0 Å². The quantitative estimate of drug-likeness (QED) is 0.392. The molecule has 0 aromatic heterocycles. The van der Waals surface area contributed by atoms with Crippen LogP contribution in [0.2, 0.25) is 0 Å². The Morgan fingerprint density at radius 3 is 1.44 bits per heavy atom. The standard InChI is InChI=1S/C16H26.C2H4/c1-3-5-7-11-15-13-9-10-14-16(15)12-8-6-4-2;1-2/h9-10,13-14H,3-8,11-12H2,1-2H3;1-2H2. The molecule has 0 aliphatic heterocycles. The molecule has 0 saturated carbocycles. The van der Waals surface area contributed by atoms with Gasteiger partial charge in [-0.2, -0.15) is 0 Å². The molecule has 0 spiro atoms. The number of hydrogen-bond acceptors (Lipinski definition) is 0. The SMILES string of the molecule is C=C.CCCCCc1ccccc1CCCCC. The van der Waals surface area contributed by atoms with Crippen LogP contribution in [0.4, 0.5) is 0 Å². The van der Waals surface area contributed by atoms with E-state index in [4.69, 9.17) is 0 Å². The third kappa shape index (κ3) is 7.32. The van der Waals surface area contributed by atoms with E-state index in [9.17, 15) is 0 Å². The highest BCUT2D eigenvalue weighted by Gasteiger charge is 2.01. The normalized spacial score (nSPS) is 9.67. The van der Waals surface area contributed by atoms with Gasteiger partial charge in [-0.15, -0.1) is 13.2 Å². The first kappa shape index (κ1) is 17.0. The molecule has 0 heterocycles. The van der Waals surface area contributed by atoms with Gasteiger partial charge in [0.25, 0.3) is 0 Å². The molecule has 1 aromatic carbocycles. The minimum absolute atomic E-state index is 1.27. The summed E-state index contributed by atoms with van der Waals surface area (Å²) in [5, 5.41) is 0. The summed E-state index contributed by atoms with van der Waals surface area (Å²) in [7, 11) is 0. The van der Waals surface area contributed by atoms with Gasteiger partial charge in [-0.3, -0.25) is 0 Å². The van der Waals surface area contributed by atoms with Crippen LogP contribution >= 0.6 is 0 Å². The van der Waals surface area contributed by atoms with E-state index in [1.165, 1.54) is 51.4 Å². The fourth-order valence-electron chi connectivity index (χ4n) is 2.18. The van der Waals surface area contributed by atoms with Crippen LogP contribution in [0.1, 0.15) is 63.5 Å². The molecule has 1 aromatic rings. The average molecular weight is 246 g/mol. The van der Waals surface area contributed by atoms with Crippen molar-refractivity contribution >= 4 is 0 Å². The summed E-state index contributed by atoms with van der Waals surface area (Å²) >= 11 is 0. The Morgan fingerprint density at radius 1 is 0.722 bits per heavy atom. The highest BCUT2D eigenvalue weighted by molar-refractivity contribution is 5.27. The maximum atomic E-state index is 3.00. The maximum Gasteiger partial charge on any atom is -0.0276 e. The van der Waals surface area contributed by atoms with Crippen molar-refractivity contribution in [3.63, 3.8) is 0 Å². The van der Waals surface area contributed by atoms with Crippen LogP contribution in [0.5, 0.6) is 0 Å². The van der Waals surface area contributed by atoms with Crippen molar-refractivity contribution in [2.24, 2.45) is 0 Å². The molecule has 0 unspecified atom stereocenters. The van der Waals surface area contributed by atoms with Gasteiger partial charge in [-0.25, -0.2) is 0 Å². The Bertz CT molecular complexity index is 259. The van der Waals surface area contributed by atoms with Gasteiger partial charge >= 0.3 is 0 Å². The molecule has 0 aliphatic carbocycles. The largest absolute Gasteiger partial charge is 0.106 e. The first-order valence-corrected chi connectivity index (χ1v) is 7.45. The van der Waals surface area contributed by atoms with Gasteiger partial charge in [-0.1, -0.05) is 63.8 Å². The van der Waals surface area contributed by atoms with Gasteiger partial charge in [0, 0.05) is 0 Å². The molecular weight excluding hydrogens is 216 g/mol. The van der Waals surface area contributed by atoms with E-state index in [2.05, 4.69) is 51.3 Å². The Labute approximate surface area is 114 Å². The van der Waals surface area contributed by atoms with Gasteiger partial charge in [0.1, 0.15) is 0 Å². The molecular formula is C18H30. The second-order valence-electron chi connectivity index (χ2n) is 4.68. The molecule has 0 aliphatic rings. The number of hydrogen-bond donors (Lipinski definition) is 0. The first-order valence-electron chi connectivity index (χ1n) is 7.45. The molecule has 0 N–H and O–H groups in total. The van der Waals surface area contributed by atoms with E-state index >= 15 is 0 Å². The molecule has 1 rings (SSSR count). The molecule has 18 heavy (non-hydrogen) atoms. The summed E-state index contributed by atoms with van der Waals surface area (Å²) < 4.78 is 0. The van der Waals surface area contributed by atoms with Gasteiger partial charge < -0.3 is 0 Å². The molecule has 0 saturated heterocycles. The Morgan fingerprint density at radius 2 is 1.11 bits per heavy atom. The summed E-state index contributed by atoms with van der Waals surface area (Å²) in [6, 6.07) is 9.00. The summed E-state index contributed by atoms with van der Waals surface area (Å²) in [6.45, 7) is 10.5. The lowest BCUT2D eigenvalue weighted by Crippen LogP contribution is -1.94.